The maximum absolute atomic E-state index is 10.8. The van der Waals surface area contributed by atoms with E-state index < -0.39 is 0 Å². The van der Waals surface area contributed by atoms with Crippen molar-refractivity contribution < 1.29 is 4.79 Å². The Morgan fingerprint density at radius 2 is 2.30 bits per heavy atom. The average molecular weight is 136 g/mol. The zero-order valence-electron chi connectivity index (χ0n) is 5.72. The van der Waals surface area contributed by atoms with E-state index in [9.17, 15) is 4.79 Å². The van der Waals surface area contributed by atoms with Crippen molar-refractivity contribution in [2.24, 2.45) is 10.7 Å². The number of hydrogen-bond acceptors (Lipinski definition) is 2. The molecule has 0 unspecified atom stereocenters. The van der Waals surface area contributed by atoms with Crippen molar-refractivity contribution in [2.75, 3.05) is 0 Å². The van der Waals surface area contributed by atoms with Gasteiger partial charge in [-0.05, 0) is 13.0 Å². The maximum Gasteiger partial charge on any atom is 0.274 e. The summed E-state index contributed by atoms with van der Waals surface area (Å²) in [4.78, 5) is 14.3. The monoisotopic (exact) mass is 136 g/mol. The van der Waals surface area contributed by atoms with Crippen LogP contribution < -0.4 is 5.73 Å². The van der Waals surface area contributed by atoms with E-state index in [0.29, 0.717) is 11.1 Å². The number of carbonyl (C=O) groups is 1. The predicted molar refractivity (Wildman–Crippen MR) is 39.5 cm³/mol. The van der Waals surface area contributed by atoms with Gasteiger partial charge in [-0.15, -0.1) is 0 Å². The molecule has 0 spiro atoms. The highest BCUT2D eigenvalue weighted by molar-refractivity contribution is 6.13. The van der Waals surface area contributed by atoms with Gasteiger partial charge in [-0.3, -0.25) is 4.79 Å². The van der Waals surface area contributed by atoms with Crippen LogP contribution in [0.2, 0.25) is 0 Å². The lowest BCUT2D eigenvalue weighted by Gasteiger charge is -2.05. The van der Waals surface area contributed by atoms with Crippen LogP contribution in [0.1, 0.15) is 6.92 Å². The zero-order chi connectivity index (χ0) is 7.72. The molecule has 0 saturated carbocycles. The molecule has 3 nitrogen and oxygen atoms in total. The van der Waals surface area contributed by atoms with Crippen molar-refractivity contribution in [2.45, 2.75) is 6.92 Å². The van der Waals surface area contributed by atoms with Crippen molar-refractivity contribution in [1.29, 1.82) is 0 Å². The molecule has 3 heteroatoms. The predicted octanol–water partition coefficient (Wildman–Crippen LogP) is 0.386. The molecule has 0 radical (unpaired) electrons. The van der Waals surface area contributed by atoms with Crippen LogP contribution in [0.15, 0.2) is 28.8 Å². The largest absolute Gasteiger partial charge is 0.383 e. The second kappa shape index (κ2) is 2.10. The van der Waals surface area contributed by atoms with Gasteiger partial charge in [0.1, 0.15) is 5.84 Å². The SMILES string of the molecule is C=C1C=C(C)C(=O)N=C1N. The van der Waals surface area contributed by atoms with E-state index in [-0.39, 0.29) is 11.7 Å². The fraction of sp³-hybridized carbons (Fsp3) is 0.143. The Morgan fingerprint density at radius 3 is 2.80 bits per heavy atom. The minimum atomic E-state index is -0.273. The number of hydrogen-bond donors (Lipinski definition) is 1. The third kappa shape index (κ3) is 0.978. The van der Waals surface area contributed by atoms with E-state index in [0.717, 1.165) is 0 Å². The van der Waals surface area contributed by atoms with Crippen molar-refractivity contribution in [3.63, 3.8) is 0 Å². The lowest BCUT2D eigenvalue weighted by atomic mass is 10.1. The molecule has 2 N–H and O–H groups in total. The van der Waals surface area contributed by atoms with Gasteiger partial charge in [0.15, 0.2) is 0 Å². The summed E-state index contributed by atoms with van der Waals surface area (Å²) in [6.07, 6.45) is 1.63. The molecule has 0 atom stereocenters. The van der Waals surface area contributed by atoms with Gasteiger partial charge in [0.2, 0.25) is 0 Å². The van der Waals surface area contributed by atoms with E-state index in [1.54, 1.807) is 13.0 Å². The molecule has 0 aliphatic carbocycles. The number of dihydropyridines is 1. The fourth-order valence-corrected chi connectivity index (χ4v) is 0.666. The Balaban J connectivity index is 3.03. The smallest absolute Gasteiger partial charge is 0.274 e. The number of amidine groups is 1. The highest BCUT2D eigenvalue weighted by Crippen LogP contribution is 2.08. The molecular formula is C7H8N2O. The average Bonchev–Trinajstić information content (AvgIpc) is 1.84. The second-order valence-corrected chi connectivity index (χ2v) is 2.15. The van der Waals surface area contributed by atoms with Crippen LogP contribution in [-0.4, -0.2) is 11.7 Å². The number of carbonyl (C=O) groups excluding carboxylic acids is 1. The first-order valence-corrected chi connectivity index (χ1v) is 2.87. The van der Waals surface area contributed by atoms with E-state index in [1.165, 1.54) is 0 Å². The molecule has 0 bridgehead atoms. The van der Waals surface area contributed by atoms with Gasteiger partial charge in [0, 0.05) is 11.1 Å². The van der Waals surface area contributed by atoms with Gasteiger partial charge in [-0.2, -0.15) is 4.99 Å². The standard InChI is InChI=1S/C7H8N2O/c1-4-3-5(2)7(10)9-6(4)8/h3H,1H2,2H3,(H2,8,9,10). The first kappa shape index (κ1) is 6.74. The minimum Gasteiger partial charge on any atom is -0.383 e. The number of nitrogens with zero attached hydrogens (tertiary/aromatic N) is 1. The third-order valence-corrected chi connectivity index (χ3v) is 1.28. The van der Waals surface area contributed by atoms with E-state index in [1.807, 2.05) is 0 Å². The van der Waals surface area contributed by atoms with Gasteiger partial charge in [0.05, 0.1) is 0 Å². The van der Waals surface area contributed by atoms with Gasteiger partial charge in [-0.25, -0.2) is 0 Å². The third-order valence-electron chi connectivity index (χ3n) is 1.28. The summed E-state index contributed by atoms with van der Waals surface area (Å²) >= 11 is 0. The summed E-state index contributed by atoms with van der Waals surface area (Å²) in [5, 5.41) is 0. The van der Waals surface area contributed by atoms with Crippen LogP contribution in [0.4, 0.5) is 0 Å². The Bertz CT molecular complexity index is 233. The molecule has 52 valence electrons. The number of aliphatic imine (C=N–C) groups is 1. The first-order valence-electron chi connectivity index (χ1n) is 2.87. The van der Waals surface area contributed by atoms with E-state index in [2.05, 4.69) is 11.6 Å². The highest BCUT2D eigenvalue weighted by atomic mass is 16.1. The molecule has 1 amide bonds. The molecule has 0 aromatic heterocycles. The fourth-order valence-electron chi connectivity index (χ4n) is 0.666. The van der Waals surface area contributed by atoms with Crippen LogP contribution in [0.3, 0.4) is 0 Å². The lowest BCUT2D eigenvalue weighted by molar-refractivity contribution is -0.114. The molecule has 1 rings (SSSR count). The van der Waals surface area contributed by atoms with Crippen LogP contribution >= 0.6 is 0 Å². The minimum absolute atomic E-state index is 0.218. The molecule has 0 aromatic rings. The number of rotatable bonds is 0. The maximum atomic E-state index is 10.8. The van der Waals surface area contributed by atoms with Crippen molar-refractivity contribution in [3.8, 4) is 0 Å². The summed E-state index contributed by atoms with van der Waals surface area (Å²) in [6.45, 7) is 5.28. The highest BCUT2D eigenvalue weighted by Gasteiger charge is 2.11. The molecule has 1 heterocycles. The summed E-state index contributed by atoms with van der Waals surface area (Å²) in [5.41, 5.74) is 6.51. The number of nitrogens with two attached hydrogens (primary N) is 1. The Kier molecular flexibility index (Phi) is 1.41. The Labute approximate surface area is 58.9 Å². The Hall–Kier alpha value is -1.38. The zero-order valence-corrected chi connectivity index (χ0v) is 5.72. The quantitative estimate of drug-likeness (QED) is 0.523. The van der Waals surface area contributed by atoms with Gasteiger partial charge in [-0.1, -0.05) is 6.58 Å². The summed E-state index contributed by atoms with van der Waals surface area (Å²) in [7, 11) is 0. The normalized spacial score (nSPS) is 18.5. The van der Waals surface area contributed by atoms with E-state index in [4.69, 9.17) is 5.73 Å². The van der Waals surface area contributed by atoms with Crippen molar-refractivity contribution in [3.05, 3.63) is 23.8 Å². The van der Waals surface area contributed by atoms with Crippen molar-refractivity contribution in [1.82, 2.24) is 0 Å². The van der Waals surface area contributed by atoms with E-state index >= 15 is 0 Å². The summed E-state index contributed by atoms with van der Waals surface area (Å²) < 4.78 is 0. The topological polar surface area (TPSA) is 55.5 Å². The van der Waals surface area contributed by atoms with Crippen LogP contribution in [0, 0.1) is 0 Å². The van der Waals surface area contributed by atoms with Crippen LogP contribution in [-0.2, 0) is 4.79 Å². The van der Waals surface area contributed by atoms with Gasteiger partial charge >= 0.3 is 0 Å². The summed E-state index contributed by atoms with van der Waals surface area (Å²) in [5.74, 6) is -0.0551. The van der Waals surface area contributed by atoms with Gasteiger partial charge in [0.25, 0.3) is 5.91 Å². The van der Waals surface area contributed by atoms with Crippen molar-refractivity contribution >= 4 is 11.7 Å². The summed E-state index contributed by atoms with van der Waals surface area (Å²) in [6, 6.07) is 0. The second-order valence-electron chi connectivity index (χ2n) is 2.15. The first-order chi connectivity index (χ1) is 4.61. The molecule has 0 saturated heterocycles. The molecule has 10 heavy (non-hydrogen) atoms. The Morgan fingerprint density at radius 1 is 1.70 bits per heavy atom. The molecule has 1 aliphatic heterocycles. The van der Waals surface area contributed by atoms with Crippen LogP contribution in [0.5, 0.6) is 0 Å². The molecule has 0 fully saturated rings. The lowest BCUT2D eigenvalue weighted by Crippen LogP contribution is -2.19. The van der Waals surface area contributed by atoms with Crippen LogP contribution in [0.25, 0.3) is 0 Å². The molecule has 1 aliphatic rings. The van der Waals surface area contributed by atoms with Gasteiger partial charge < -0.3 is 5.73 Å². The molecule has 0 aromatic carbocycles. The number of amides is 1. The molecular weight excluding hydrogens is 128 g/mol.